The van der Waals surface area contributed by atoms with E-state index in [1.165, 1.54) is 0 Å². The third kappa shape index (κ3) is 5.72. The van der Waals surface area contributed by atoms with Crippen molar-refractivity contribution in [2.24, 2.45) is 0 Å². The van der Waals surface area contributed by atoms with E-state index < -0.39 is 12.1 Å². The summed E-state index contributed by atoms with van der Waals surface area (Å²) >= 11 is 0. The van der Waals surface area contributed by atoms with Gasteiger partial charge in [0.25, 0.3) is 5.91 Å². The zero-order chi connectivity index (χ0) is 22.5. The van der Waals surface area contributed by atoms with Gasteiger partial charge in [0.15, 0.2) is 6.10 Å². The Morgan fingerprint density at radius 3 is 2.13 bits per heavy atom. The Bertz CT molecular complexity index is 1100. The van der Waals surface area contributed by atoms with Gasteiger partial charge in [0.2, 0.25) is 0 Å². The zero-order valence-electron chi connectivity index (χ0n) is 18.5. The van der Waals surface area contributed by atoms with E-state index in [9.17, 15) is 9.59 Å². The van der Waals surface area contributed by atoms with Crippen LogP contribution >= 0.6 is 0 Å². The monoisotopic (exact) mass is 417 g/mol. The number of carbonyl (C=O) groups is 2. The number of hydrogen-bond donors (Lipinski definition) is 1. The molecule has 0 spiro atoms. The highest BCUT2D eigenvalue weighted by Crippen LogP contribution is 2.22. The van der Waals surface area contributed by atoms with Crippen molar-refractivity contribution in [1.29, 1.82) is 0 Å². The summed E-state index contributed by atoms with van der Waals surface area (Å²) in [5, 5.41) is 2.92. The van der Waals surface area contributed by atoms with E-state index in [-0.39, 0.29) is 5.91 Å². The molecule has 0 saturated heterocycles. The van der Waals surface area contributed by atoms with Gasteiger partial charge in [0, 0.05) is 11.3 Å². The van der Waals surface area contributed by atoms with Crippen LogP contribution < -0.4 is 14.8 Å². The van der Waals surface area contributed by atoms with Gasteiger partial charge in [-0.15, -0.1) is 0 Å². The maximum atomic E-state index is 12.5. The summed E-state index contributed by atoms with van der Waals surface area (Å²) in [4.78, 5) is 24.9. The molecule has 31 heavy (non-hydrogen) atoms. The second-order valence-corrected chi connectivity index (χ2v) is 7.75. The molecule has 0 aliphatic heterocycles. The van der Waals surface area contributed by atoms with Crippen molar-refractivity contribution in [2.75, 3.05) is 5.32 Å². The Balaban J connectivity index is 1.61. The number of aryl methyl sites for hydroxylation is 4. The second kappa shape index (κ2) is 9.47. The van der Waals surface area contributed by atoms with Crippen LogP contribution in [-0.2, 0) is 4.79 Å². The standard InChI is InChI=1S/C26H27NO4/c1-16-7-13-24(19(4)14-16)30-20(5)26(29)31-22-11-9-21(10-12-22)25(28)27-23-15-17(2)6-8-18(23)3/h6-15,20H,1-5H3,(H,27,28). The van der Waals surface area contributed by atoms with E-state index in [1.807, 2.05) is 64.1 Å². The first kappa shape index (κ1) is 22.1. The third-order valence-electron chi connectivity index (χ3n) is 4.94. The Kier molecular flexibility index (Phi) is 6.75. The molecule has 3 aromatic carbocycles. The first-order valence-corrected chi connectivity index (χ1v) is 10.2. The van der Waals surface area contributed by atoms with Crippen LogP contribution in [-0.4, -0.2) is 18.0 Å². The Morgan fingerprint density at radius 1 is 0.806 bits per heavy atom. The fraction of sp³-hybridized carbons (Fsp3) is 0.231. The largest absolute Gasteiger partial charge is 0.479 e. The molecular weight excluding hydrogens is 390 g/mol. The van der Waals surface area contributed by atoms with Gasteiger partial charge in [0.05, 0.1) is 0 Å². The lowest BCUT2D eigenvalue weighted by atomic mass is 10.1. The van der Waals surface area contributed by atoms with E-state index in [0.29, 0.717) is 17.1 Å². The molecule has 0 heterocycles. The average molecular weight is 418 g/mol. The molecule has 1 N–H and O–H groups in total. The molecule has 5 heteroatoms. The highest BCUT2D eigenvalue weighted by Gasteiger charge is 2.18. The molecule has 3 rings (SSSR count). The second-order valence-electron chi connectivity index (χ2n) is 7.75. The van der Waals surface area contributed by atoms with Crippen molar-refractivity contribution in [3.63, 3.8) is 0 Å². The van der Waals surface area contributed by atoms with Crippen LogP contribution in [0.25, 0.3) is 0 Å². The zero-order valence-corrected chi connectivity index (χ0v) is 18.5. The number of nitrogens with one attached hydrogen (secondary N) is 1. The van der Waals surface area contributed by atoms with Crippen LogP contribution in [0.1, 0.15) is 39.5 Å². The third-order valence-corrected chi connectivity index (χ3v) is 4.94. The van der Waals surface area contributed by atoms with Gasteiger partial charge in [-0.3, -0.25) is 4.79 Å². The first-order chi connectivity index (χ1) is 14.7. The summed E-state index contributed by atoms with van der Waals surface area (Å²) in [6, 6.07) is 18.1. The number of esters is 1. The van der Waals surface area contributed by atoms with E-state index >= 15 is 0 Å². The van der Waals surface area contributed by atoms with Gasteiger partial charge in [-0.25, -0.2) is 4.79 Å². The van der Waals surface area contributed by atoms with Crippen molar-refractivity contribution in [3.05, 3.63) is 88.5 Å². The lowest BCUT2D eigenvalue weighted by Crippen LogP contribution is -2.28. The molecule has 1 amide bonds. The molecule has 160 valence electrons. The smallest absolute Gasteiger partial charge is 0.352 e. The van der Waals surface area contributed by atoms with Crippen LogP contribution in [0.5, 0.6) is 11.5 Å². The number of ether oxygens (including phenoxy) is 2. The van der Waals surface area contributed by atoms with E-state index in [2.05, 4.69) is 5.32 Å². The SMILES string of the molecule is Cc1ccc(OC(C)C(=O)Oc2ccc(C(=O)Nc3cc(C)ccc3C)cc2)c(C)c1. The van der Waals surface area contributed by atoms with Crippen molar-refractivity contribution in [1.82, 2.24) is 0 Å². The summed E-state index contributed by atoms with van der Waals surface area (Å²) in [6.07, 6.45) is -0.770. The minimum absolute atomic E-state index is 0.224. The summed E-state index contributed by atoms with van der Waals surface area (Å²) in [5.41, 5.74) is 5.39. The molecule has 1 atom stereocenters. The Hall–Kier alpha value is -3.60. The van der Waals surface area contributed by atoms with Crippen LogP contribution in [0.2, 0.25) is 0 Å². The predicted octanol–water partition coefficient (Wildman–Crippen LogP) is 5.55. The minimum atomic E-state index is -0.770. The number of anilines is 1. The molecule has 0 aliphatic rings. The van der Waals surface area contributed by atoms with E-state index in [1.54, 1.807) is 31.2 Å². The highest BCUT2D eigenvalue weighted by atomic mass is 16.6. The van der Waals surface area contributed by atoms with Gasteiger partial charge in [-0.1, -0.05) is 29.8 Å². The van der Waals surface area contributed by atoms with Gasteiger partial charge < -0.3 is 14.8 Å². The quantitative estimate of drug-likeness (QED) is 0.422. The summed E-state index contributed by atoms with van der Waals surface area (Å²) in [6.45, 7) is 9.50. The number of amides is 1. The highest BCUT2D eigenvalue weighted by molar-refractivity contribution is 6.04. The van der Waals surface area contributed by atoms with Crippen molar-refractivity contribution in [3.8, 4) is 11.5 Å². The van der Waals surface area contributed by atoms with E-state index in [0.717, 1.165) is 27.9 Å². The Morgan fingerprint density at radius 2 is 1.45 bits per heavy atom. The molecular formula is C26H27NO4. The molecule has 0 saturated carbocycles. The van der Waals surface area contributed by atoms with Crippen LogP contribution in [0, 0.1) is 27.7 Å². The fourth-order valence-corrected chi connectivity index (χ4v) is 3.11. The molecule has 1 unspecified atom stereocenters. The maximum Gasteiger partial charge on any atom is 0.352 e. The lowest BCUT2D eigenvalue weighted by Gasteiger charge is -2.16. The van der Waals surface area contributed by atoms with Crippen LogP contribution in [0.3, 0.4) is 0 Å². The number of hydrogen-bond acceptors (Lipinski definition) is 4. The average Bonchev–Trinajstić information content (AvgIpc) is 2.73. The molecule has 3 aromatic rings. The lowest BCUT2D eigenvalue weighted by molar-refractivity contribution is -0.141. The first-order valence-electron chi connectivity index (χ1n) is 10.2. The summed E-state index contributed by atoms with van der Waals surface area (Å²) < 4.78 is 11.1. The number of benzene rings is 3. The molecule has 0 bridgehead atoms. The predicted molar refractivity (Wildman–Crippen MR) is 122 cm³/mol. The van der Waals surface area contributed by atoms with E-state index in [4.69, 9.17) is 9.47 Å². The number of rotatable bonds is 6. The minimum Gasteiger partial charge on any atom is -0.479 e. The molecule has 0 aliphatic carbocycles. The molecule has 5 nitrogen and oxygen atoms in total. The van der Waals surface area contributed by atoms with Crippen LogP contribution in [0.4, 0.5) is 5.69 Å². The number of carbonyl (C=O) groups excluding carboxylic acids is 2. The fourth-order valence-electron chi connectivity index (χ4n) is 3.11. The normalized spacial score (nSPS) is 11.5. The summed E-state index contributed by atoms with van der Waals surface area (Å²) in [7, 11) is 0. The van der Waals surface area contributed by atoms with Gasteiger partial charge in [-0.05, 0) is 87.7 Å². The molecule has 0 radical (unpaired) electrons. The van der Waals surface area contributed by atoms with Crippen molar-refractivity contribution in [2.45, 2.75) is 40.7 Å². The maximum absolute atomic E-state index is 12.5. The Labute approximate surface area is 183 Å². The van der Waals surface area contributed by atoms with Crippen molar-refractivity contribution < 1.29 is 19.1 Å². The van der Waals surface area contributed by atoms with Gasteiger partial charge in [-0.2, -0.15) is 0 Å². The van der Waals surface area contributed by atoms with Crippen molar-refractivity contribution >= 4 is 17.6 Å². The topological polar surface area (TPSA) is 64.6 Å². The van der Waals surface area contributed by atoms with Gasteiger partial charge >= 0.3 is 5.97 Å². The molecule has 0 aromatic heterocycles. The van der Waals surface area contributed by atoms with Crippen LogP contribution in [0.15, 0.2) is 60.7 Å². The van der Waals surface area contributed by atoms with Gasteiger partial charge in [0.1, 0.15) is 11.5 Å². The summed E-state index contributed by atoms with van der Waals surface area (Å²) in [5.74, 6) is 0.267. The molecule has 0 fully saturated rings.